The van der Waals surface area contributed by atoms with Gasteiger partial charge in [-0.2, -0.15) is 0 Å². The minimum absolute atomic E-state index is 0.212. The normalized spacial score (nSPS) is 11.2. The van der Waals surface area contributed by atoms with Gasteiger partial charge < -0.3 is 9.84 Å². The van der Waals surface area contributed by atoms with Crippen molar-refractivity contribution in [1.29, 1.82) is 0 Å². The topological polar surface area (TPSA) is 46.5 Å². The molecular formula is C12H11ClO3. The fourth-order valence-corrected chi connectivity index (χ4v) is 1.17. The molecule has 0 aromatic heterocycles. The molecule has 4 heteroatoms. The minimum Gasteiger partial charge on any atom is -0.463 e. The molecule has 0 amide bonds. The summed E-state index contributed by atoms with van der Waals surface area (Å²) >= 11 is 5.85. The summed E-state index contributed by atoms with van der Waals surface area (Å²) in [6, 6.07) is 6.93. The van der Waals surface area contributed by atoms with Crippen LogP contribution in [0.15, 0.2) is 24.3 Å². The number of hydrogen-bond acceptors (Lipinski definition) is 3. The molecule has 0 aliphatic rings. The molecule has 0 heterocycles. The Kier molecular flexibility index (Phi) is 4.84. The van der Waals surface area contributed by atoms with Crippen LogP contribution in [0.5, 0.6) is 0 Å². The van der Waals surface area contributed by atoms with Gasteiger partial charge >= 0.3 is 5.97 Å². The van der Waals surface area contributed by atoms with Gasteiger partial charge in [-0.15, -0.1) is 0 Å². The highest BCUT2D eigenvalue weighted by molar-refractivity contribution is 6.31. The van der Waals surface area contributed by atoms with Crippen molar-refractivity contribution in [2.24, 2.45) is 0 Å². The van der Waals surface area contributed by atoms with Crippen LogP contribution >= 0.6 is 11.6 Å². The van der Waals surface area contributed by atoms with E-state index in [2.05, 4.69) is 16.6 Å². The Balaban J connectivity index is 2.75. The highest BCUT2D eigenvalue weighted by Crippen LogP contribution is 2.13. The van der Waals surface area contributed by atoms with Crippen molar-refractivity contribution in [3.05, 3.63) is 34.9 Å². The van der Waals surface area contributed by atoms with E-state index in [9.17, 15) is 9.90 Å². The number of halogens is 1. The first-order valence-electron chi connectivity index (χ1n) is 4.76. The van der Waals surface area contributed by atoms with Crippen LogP contribution in [0.2, 0.25) is 5.02 Å². The van der Waals surface area contributed by atoms with Gasteiger partial charge in [0.15, 0.2) is 0 Å². The summed E-state index contributed by atoms with van der Waals surface area (Å²) in [6.45, 7) is 1.87. The number of rotatable bonds is 2. The maximum Gasteiger partial charge on any atom is 0.347 e. The molecular weight excluding hydrogens is 228 g/mol. The Morgan fingerprint density at radius 1 is 1.56 bits per heavy atom. The molecule has 84 valence electrons. The van der Waals surface area contributed by atoms with Gasteiger partial charge in [-0.25, -0.2) is 4.79 Å². The van der Waals surface area contributed by atoms with Gasteiger partial charge in [0.1, 0.15) is 0 Å². The van der Waals surface area contributed by atoms with Gasteiger partial charge in [-0.1, -0.05) is 35.6 Å². The molecule has 1 unspecified atom stereocenters. The zero-order valence-electron chi connectivity index (χ0n) is 8.74. The average molecular weight is 239 g/mol. The summed E-state index contributed by atoms with van der Waals surface area (Å²) in [7, 11) is 0. The summed E-state index contributed by atoms with van der Waals surface area (Å²) < 4.78 is 4.60. The van der Waals surface area contributed by atoms with Crippen LogP contribution in [0.1, 0.15) is 12.5 Å². The van der Waals surface area contributed by atoms with Crippen molar-refractivity contribution >= 4 is 17.6 Å². The first-order chi connectivity index (χ1) is 7.65. The molecule has 1 N–H and O–H groups in total. The van der Waals surface area contributed by atoms with Crippen molar-refractivity contribution in [2.75, 3.05) is 6.61 Å². The second-order valence-corrected chi connectivity index (χ2v) is 3.31. The van der Waals surface area contributed by atoms with Gasteiger partial charge in [0, 0.05) is 5.56 Å². The minimum atomic E-state index is -1.43. The summed E-state index contributed by atoms with van der Waals surface area (Å²) in [6.07, 6.45) is -1.43. The lowest BCUT2D eigenvalue weighted by Crippen LogP contribution is -2.21. The van der Waals surface area contributed by atoms with Crippen LogP contribution < -0.4 is 0 Å². The van der Waals surface area contributed by atoms with Gasteiger partial charge in [0.25, 0.3) is 0 Å². The predicted molar refractivity (Wildman–Crippen MR) is 61.0 cm³/mol. The fourth-order valence-electron chi connectivity index (χ4n) is 0.989. The Bertz CT molecular complexity index is 431. The number of esters is 1. The van der Waals surface area contributed by atoms with Crippen LogP contribution in [0.4, 0.5) is 0 Å². The van der Waals surface area contributed by atoms with Crippen LogP contribution in [-0.4, -0.2) is 23.8 Å². The van der Waals surface area contributed by atoms with E-state index in [1.54, 1.807) is 31.2 Å². The lowest BCUT2D eigenvalue weighted by molar-refractivity contribution is -0.149. The molecule has 0 fully saturated rings. The number of benzene rings is 1. The molecule has 0 radical (unpaired) electrons. The zero-order valence-corrected chi connectivity index (χ0v) is 9.49. The average Bonchev–Trinajstić information content (AvgIpc) is 2.28. The van der Waals surface area contributed by atoms with Gasteiger partial charge in [-0.3, -0.25) is 0 Å². The van der Waals surface area contributed by atoms with E-state index in [0.29, 0.717) is 10.6 Å². The van der Waals surface area contributed by atoms with E-state index in [-0.39, 0.29) is 6.61 Å². The number of aliphatic hydroxyl groups excluding tert-OH is 1. The quantitative estimate of drug-likeness (QED) is 0.629. The van der Waals surface area contributed by atoms with E-state index < -0.39 is 12.1 Å². The lowest BCUT2D eigenvalue weighted by Gasteiger charge is -2.02. The van der Waals surface area contributed by atoms with E-state index in [1.165, 1.54) is 0 Å². The molecule has 0 bridgehead atoms. The van der Waals surface area contributed by atoms with Crippen molar-refractivity contribution < 1.29 is 14.6 Å². The third kappa shape index (κ3) is 3.58. The molecule has 1 atom stereocenters. The van der Waals surface area contributed by atoms with E-state index in [0.717, 1.165) is 0 Å². The maximum absolute atomic E-state index is 11.0. The third-order valence-electron chi connectivity index (χ3n) is 1.73. The summed E-state index contributed by atoms with van der Waals surface area (Å²) in [4.78, 5) is 11.0. The van der Waals surface area contributed by atoms with Crippen molar-refractivity contribution in [3.8, 4) is 11.8 Å². The fraction of sp³-hybridized carbons (Fsp3) is 0.250. The van der Waals surface area contributed by atoms with E-state index >= 15 is 0 Å². The van der Waals surface area contributed by atoms with Crippen LogP contribution in [-0.2, 0) is 9.53 Å². The highest BCUT2D eigenvalue weighted by Gasteiger charge is 2.12. The Labute approximate surface area is 99.0 Å². The zero-order chi connectivity index (χ0) is 12.0. The molecule has 0 saturated carbocycles. The van der Waals surface area contributed by atoms with E-state index in [4.69, 9.17) is 11.6 Å². The highest BCUT2D eigenvalue weighted by atomic mass is 35.5. The Hall–Kier alpha value is -1.50. The summed E-state index contributed by atoms with van der Waals surface area (Å²) in [5, 5.41) is 9.79. The molecule has 1 rings (SSSR count). The molecule has 0 aliphatic heterocycles. The molecule has 1 aromatic carbocycles. The Morgan fingerprint density at radius 2 is 2.25 bits per heavy atom. The molecule has 0 saturated heterocycles. The predicted octanol–water partition coefficient (Wildman–Crippen LogP) is 1.62. The van der Waals surface area contributed by atoms with Gasteiger partial charge in [0.2, 0.25) is 6.10 Å². The maximum atomic E-state index is 11.0. The van der Waals surface area contributed by atoms with Gasteiger partial charge in [0.05, 0.1) is 11.6 Å². The second-order valence-electron chi connectivity index (χ2n) is 2.90. The van der Waals surface area contributed by atoms with Crippen molar-refractivity contribution in [2.45, 2.75) is 13.0 Å². The Morgan fingerprint density at radius 3 is 2.88 bits per heavy atom. The molecule has 16 heavy (non-hydrogen) atoms. The van der Waals surface area contributed by atoms with E-state index in [1.807, 2.05) is 0 Å². The molecule has 0 aliphatic carbocycles. The largest absolute Gasteiger partial charge is 0.463 e. The third-order valence-corrected chi connectivity index (χ3v) is 2.06. The van der Waals surface area contributed by atoms with Crippen LogP contribution in [0.25, 0.3) is 0 Å². The lowest BCUT2D eigenvalue weighted by atomic mass is 10.2. The molecule has 1 aromatic rings. The number of ether oxygens (including phenoxy) is 1. The van der Waals surface area contributed by atoms with Crippen LogP contribution in [0.3, 0.4) is 0 Å². The van der Waals surface area contributed by atoms with Crippen LogP contribution in [0, 0.1) is 11.8 Å². The smallest absolute Gasteiger partial charge is 0.347 e. The standard InChI is InChI=1S/C12H11ClO3/c1-2-16-12(15)11(14)8-7-9-5-3-4-6-10(9)13/h3-6,11,14H,2H2,1H3. The number of aliphatic hydroxyl groups is 1. The monoisotopic (exact) mass is 238 g/mol. The summed E-state index contributed by atoms with van der Waals surface area (Å²) in [5.41, 5.74) is 0.563. The van der Waals surface area contributed by atoms with Crippen molar-refractivity contribution in [3.63, 3.8) is 0 Å². The first-order valence-corrected chi connectivity index (χ1v) is 5.13. The van der Waals surface area contributed by atoms with Gasteiger partial charge in [-0.05, 0) is 19.1 Å². The molecule has 0 spiro atoms. The number of hydrogen-bond donors (Lipinski definition) is 1. The molecule has 3 nitrogen and oxygen atoms in total. The van der Waals surface area contributed by atoms with Crippen molar-refractivity contribution in [1.82, 2.24) is 0 Å². The number of carbonyl (C=O) groups is 1. The SMILES string of the molecule is CCOC(=O)C(O)C#Cc1ccccc1Cl. The number of carbonyl (C=O) groups excluding carboxylic acids is 1. The first kappa shape index (κ1) is 12.6. The second kappa shape index (κ2) is 6.16. The summed E-state index contributed by atoms with van der Waals surface area (Å²) in [5.74, 6) is 4.24.